The lowest BCUT2D eigenvalue weighted by molar-refractivity contribution is 0.102. The van der Waals surface area contributed by atoms with Crippen LogP contribution in [0.2, 0.25) is 0 Å². The quantitative estimate of drug-likeness (QED) is 0.895. The van der Waals surface area contributed by atoms with E-state index in [1.807, 2.05) is 68.3 Å². The van der Waals surface area contributed by atoms with Crippen LogP contribution in [0.15, 0.2) is 42.5 Å². The molecule has 5 nitrogen and oxygen atoms in total. The van der Waals surface area contributed by atoms with Gasteiger partial charge in [0.05, 0.1) is 11.5 Å². The lowest BCUT2D eigenvalue weighted by atomic mass is 10.1. The molecule has 1 N–H and O–H groups in total. The van der Waals surface area contributed by atoms with Crippen LogP contribution in [0.4, 0.5) is 11.4 Å². The van der Waals surface area contributed by atoms with Crippen molar-refractivity contribution >= 4 is 27.1 Å². The highest BCUT2D eigenvalue weighted by Crippen LogP contribution is 2.24. The number of amides is 1. The second-order valence-corrected chi connectivity index (χ2v) is 9.20. The molecule has 0 spiro atoms. The third-order valence-electron chi connectivity index (χ3n) is 5.06. The van der Waals surface area contributed by atoms with Gasteiger partial charge in [0.2, 0.25) is 0 Å². The molecule has 1 saturated heterocycles. The number of aryl methyl sites for hydroxylation is 2. The third kappa shape index (κ3) is 4.07. The first-order valence-corrected chi connectivity index (χ1v) is 10.5. The van der Waals surface area contributed by atoms with Gasteiger partial charge in [0, 0.05) is 30.0 Å². The molecule has 1 fully saturated rings. The van der Waals surface area contributed by atoms with Crippen molar-refractivity contribution in [3.05, 3.63) is 59.2 Å². The van der Waals surface area contributed by atoms with Gasteiger partial charge in [-0.25, -0.2) is 8.42 Å². The van der Waals surface area contributed by atoms with Crippen LogP contribution in [0, 0.1) is 13.8 Å². The molecule has 3 rings (SSSR count). The first-order chi connectivity index (χ1) is 12.2. The Balaban J connectivity index is 1.67. The molecule has 2 aromatic rings. The van der Waals surface area contributed by atoms with Gasteiger partial charge in [-0.15, -0.1) is 0 Å². The fraction of sp³-hybridized carbons (Fsp3) is 0.350. The summed E-state index contributed by atoms with van der Waals surface area (Å²) in [5, 5.41) is 2.90. The van der Waals surface area contributed by atoms with Gasteiger partial charge in [0.25, 0.3) is 5.91 Å². The fourth-order valence-corrected chi connectivity index (χ4v) is 4.93. The van der Waals surface area contributed by atoms with E-state index in [9.17, 15) is 13.2 Å². The molecule has 0 bridgehead atoms. The van der Waals surface area contributed by atoms with Crippen molar-refractivity contribution in [3.8, 4) is 0 Å². The maximum atomic E-state index is 12.4. The van der Waals surface area contributed by atoms with Crippen LogP contribution in [-0.2, 0) is 9.84 Å². The number of carbonyl (C=O) groups excluding carboxylic acids is 1. The number of nitrogens with zero attached hydrogens (tertiary/aromatic N) is 1. The highest BCUT2D eigenvalue weighted by atomic mass is 32.2. The standard InChI is InChI=1S/C20H24N2O3S/c1-14-4-5-16(12-15(14)2)20(23)21-17-6-8-18(9-7-17)22(3)19-10-11-26(24,25)13-19/h4-9,12,19H,10-11,13H2,1-3H3,(H,21,23). The Bertz CT molecular complexity index is 921. The second kappa shape index (κ2) is 7.11. The average molecular weight is 372 g/mol. The molecule has 1 aliphatic rings. The molecule has 1 unspecified atom stereocenters. The van der Waals surface area contributed by atoms with Crippen LogP contribution in [0.5, 0.6) is 0 Å². The molecule has 1 amide bonds. The minimum Gasteiger partial charge on any atom is -0.371 e. The number of hydrogen-bond acceptors (Lipinski definition) is 4. The molecule has 26 heavy (non-hydrogen) atoms. The Kier molecular flexibility index (Phi) is 5.05. The summed E-state index contributed by atoms with van der Waals surface area (Å²) in [7, 11) is -0.998. The molecule has 0 aliphatic carbocycles. The zero-order valence-corrected chi connectivity index (χ0v) is 16.1. The Morgan fingerprint density at radius 3 is 2.35 bits per heavy atom. The van der Waals surface area contributed by atoms with Crippen LogP contribution in [0.25, 0.3) is 0 Å². The van der Waals surface area contributed by atoms with Crippen molar-refractivity contribution in [2.24, 2.45) is 0 Å². The molecule has 2 aromatic carbocycles. The summed E-state index contributed by atoms with van der Waals surface area (Å²) in [5.41, 5.74) is 4.52. The monoisotopic (exact) mass is 372 g/mol. The van der Waals surface area contributed by atoms with E-state index in [0.29, 0.717) is 17.7 Å². The predicted molar refractivity (Wildman–Crippen MR) is 106 cm³/mol. The molecule has 0 aromatic heterocycles. The molecule has 1 aliphatic heterocycles. The molecule has 6 heteroatoms. The molecule has 138 valence electrons. The Morgan fingerprint density at radius 1 is 1.08 bits per heavy atom. The first-order valence-electron chi connectivity index (χ1n) is 8.67. The maximum absolute atomic E-state index is 12.4. The summed E-state index contributed by atoms with van der Waals surface area (Å²) < 4.78 is 23.3. The van der Waals surface area contributed by atoms with Crippen LogP contribution >= 0.6 is 0 Å². The van der Waals surface area contributed by atoms with Crippen molar-refractivity contribution in [2.75, 3.05) is 28.8 Å². The molecule has 1 atom stereocenters. The smallest absolute Gasteiger partial charge is 0.255 e. The van der Waals surface area contributed by atoms with Gasteiger partial charge in [-0.3, -0.25) is 4.79 Å². The number of hydrogen-bond donors (Lipinski definition) is 1. The molecular weight excluding hydrogens is 348 g/mol. The average Bonchev–Trinajstić information content (AvgIpc) is 2.97. The van der Waals surface area contributed by atoms with Gasteiger partial charge >= 0.3 is 0 Å². The number of benzene rings is 2. The van der Waals surface area contributed by atoms with E-state index in [4.69, 9.17) is 0 Å². The summed E-state index contributed by atoms with van der Waals surface area (Å²) in [6.45, 7) is 4.00. The molecule has 1 heterocycles. The van der Waals surface area contributed by atoms with E-state index >= 15 is 0 Å². The summed E-state index contributed by atoms with van der Waals surface area (Å²) in [5.74, 6) is 0.317. The third-order valence-corrected chi connectivity index (χ3v) is 6.81. The van der Waals surface area contributed by atoms with Gasteiger partial charge in [-0.05, 0) is 67.8 Å². The summed E-state index contributed by atoms with van der Waals surface area (Å²) in [6.07, 6.45) is 0.657. The van der Waals surface area contributed by atoms with E-state index in [2.05, 4.69) is 5.32 Å². The van der Waals surface area contributed by atoms with E-state index in [0.717, 1.165) is 16.8 Å². The van der Waals surface area contributed by atoms with Crippen LogP contribution < -0.4 is 10.2 Å². The van der Waals surface area contributed by atoms with Crippen molar-refractivity contribution in [1.29, 1.82) is 0 Å². The zero-order valence-electron chi connectivity index (χ0n) is 15.3. The topological polar surface area (TPSA) is 66.5 Å². The summed E-state index contributed by atoms with van der Waals surface area (Å²) in [6, 6.07) is 13.1. The summed E-state index contributed by atoms with van der Waals surface area (Å²) in [4.78, 5) is 14.4. The van der Waals surface area contributed by atoms with E-state index in [-0.39, 0.29) is 23.5 Å². The fourth-order valence-electron chi connectivity index (χ4n) is 3.16. The number of sulfone groups is 1. The van der Waals surface area contributed by atoms with E-state index < -0.39 is 9.84 Å². The first kappa shape index (κ1) is 18.5. The lowest BCUT2D eigenvalue weighted by Gasteiger charge is -2.25. The van der Waals surface area contributed by atoms with Crippen LogP contribution in [0.1, 0.15) is 27.9 Å². The Labute approximate surface area is 154 Å². The SMILES string of the molecule is Cc1ccc(C(=O)Nc2ccc(N(C)C3CCS(=O)(=O)C3)cc2)cc1C. The van der Waals surface area contributed by atoms with Gasteiger partial charge < -0.3 is 10.2 Å². The zero-order chi connectivity index (χ0) is 18.9. The molecule has 0 saturated carbocycles. The van der Waals surface area contributed by atoms with Crippen molar-refractivity contribution < 1.29 is 13.2 Å². The van der Waals surface area contributed by atoms with E-state index in [1.54, 1.807) is 0 Å². The predicted octanol–water partition coefficient (Wildman–Crippen LogP) is 3.18. The van der Waals surface area contributed by atoms with Crippen molar-refractivity contribution in [1.82, 2.24) is 0 Å². The number of anilines is 2. The van der Waals surface area contributed by atoms with Gasteiger partial charge in [-0.1, -0.05) is 6.07 Å². The van der Waals surface area contributed by atoms with Gasteiger partial charge in [-0.2, -0.15) is 0 Å². The number of nitrogens with one attached hydrogen (secondary N) is 1. The highest BCUT2D eigenvalue weighted by molar-refractivity contribution is 7.91. The van der Waals surface area contributed by atoms with Crippen LogP contribution in [0.3, 0.4) is 0 Å². The molecule has 0 radical (unpaired) electrons. The second-order valence-electron chi connectivity index (χ2n) is 6.97. The van der Waals surface area contributed by atoms with Gasteiger partial charge in [0.15, 0.2) is 9.84 Å². The normalized spacial score (nSPS) is 18.5. The van der Waals surface area contributed by atoms with E-state index in [1.165, 1.54) is 0 Å². The maximum Gasteiger partial charge on any atom is 0.255 e. The van der Waals surface area contributed by atoms with Crippen molar-refractivity contribution in [2.45, 2.75) is 26.3 Å². The van der Waals surface area contributed by atoms with Crippen molar-refractivity contribution in [3.63, 3.8) is 0 Å². The number of rotatable bonds is 4. The largest absolute Gasteiger partial charge is 0.371 e. The minimum atomic E-state index is -2.91. The van der Waals surface area contributed by atoms with Gasteiger partial charge in [0.1, 0.15) is 0 Å². The number of carbonyl (C=O) groups is 1. The van der Waals surface area contributed by atoms with Crippen LogP contribution in [-0.4, -0.2) is 38.9 Å². The molecular formula is C20H24N2O3S. The highest BCUT2D eigenvalue weighted by Gasteiger charge is 2.30. The minimum absolute atomic E-state index is 0.0102. The Hall–Kier alpha value is -2.34. The Morgan fingerprint density at radius 2 is 1.77 bits per heavy atom. The summed E-state index contributed by atoms with van der Waals surface area (Å²) >= 11 is 0. The lowest BCUT2D eigenvalue weighted by Crippen LogP contribution is -2.32.